The van der Waals surface area contributed by atoms with Gasteiger partial charge in [0.05, 0.1) is 6.04 Å². The van der Waals surface area contributed by atoms with Crippen molar-refractivity contribution in [3.05, 3.63) is 36.0 Å². The fourth-order valence-corrected chi connectivity index (χ4v) is 2.92. The number of aromatic nitrogens is 4. The monoisotopic (exact) mass is 366 g/mol. The first-order valence-corrected chi connectivity index (χ1v) is 8.46. The summed E-state index contributed by atoms with van der Waals surface area (Å²) in [6.07, 6.45) is -0.802. The van der Waals surface area contributed by atoms with Gasteiger partial charge in [0.1, 0.15) is 17.3 Å². The molecule has 1 atom stereocenters. The first kappa shape index (κ1) is 18.3. The summed E-state index contributed by atoms with van der Waals surface area (Å²) in [7, 11) is 1.73. The van der Waals surface area contributed by atoms with E-state index in [9.17, 15) is 13.2 Å². The molecule has 0 spiro atoms. The number of likely N-dealkylation sites (N-methyl/N-ethyl adjacent to an activating group) is 1. The van der Waals surface area contributed by atoms with Crippen LogP contribution in [-0.4, -0.2) is 46.1 Å². The minimum atomic E-state index is -4.48. The third-order valence-electron chi connectivity index (χ3n) is 4.46. The summed E-state index contributed by atoms with van der Waals surface area (Å²) in [4.78, 5) is 20.3. The van der Waals surface area contributed by atoms with E-state index in [0.717, 1.165) is 36.9 Å². The van der Waals surface area contributed by atoms with Crippen molar-refractivity contribution in [2.75, 3.05) is 29.9 Å². The van der Waals surface area contributed by atoms with Gasteiger partial charge in [-0.2, -0.15) is 13.2 Å². The lowest BCUT2D eigenvalue weighted by Gasteiger charge is -2.25. The molecule has 1 aliphatic rings. The van der Waals surface area contributed by atoms with Crippen LogP contribution in [-0.2, 0) is 6.18 Å². The fraction of sp³-hybridized carbons (Fsp3) is 0.529. The Labute approximate surface area is 150 Å². The highest BCUT2D eigenvalue weighted by molar-refractivity contribution is 5.42. The van der Waals surface area contributed by atoms with Gasteiger partial charge in [-0.1, -0.05) is 13.8 Å². The predicted octanol–water partition coefficient (Wildman–Crippen LogP) is 3.12. The van der Waals surface area contributed by atoms with Crippen LogP contribution in [0.3, 0.4) is 0 Å². The molecule has 2 aromatic heterocycles. The van der Waals surface area contributed by atoms with Crippen LogP contribution in [0.2, 0.25) is 0 Å². The molecule has 0 bridgehead atoms. The van der Waals surface area contributed by atoms with Crippen molar-refractivity contribution >= 4 is 11.8 Å². The van der Waals surface area contributed by atoms with E-state index in [4.69, 9.17) is 0 Å². The average molecular weight is 366 g/mol. The van der Waals surface area contributed by atoms with Crippen molar-refractivity contribution in [1.82, 2.24) is 19.9 Å². The van der Waals surface area contributed by atoms with Crippen LogP contribution in [0.25, 0.3) is 0 Å². The summed E-state index contributed by atoms with van der Waals surface area (Å²) in [5.41, 5.74) is -0.929. The lowest BCUT2D eigenvalue weighted by molar-refractivity contribution is -0.141. The number of nitrogens with zero attached hydrogens (tertiary/aromatic N) is 6. The Kier molecular flexibility index (Phi) is 4.97. The second kappa shape index (κ2) is 7.05. The van der Waals surface area contributed by atoms with Gasteiger partial charge in [0.25, 0.3) is 0 Å². The van der Waals surface area contributed by atoms with Crippen LogP contribution in [0.15, 0.2) is 24.5 Å². The van der Waals surface area contributed by atoms with Crippen LogP contribution in [0.5, 0.6) is 0 Å². The zero-order chi connectivity index (χ0) is 18.9. The molecule has 140 valence electrons. The Bertz CT molecular complexity index is 764. The van der Waals surface area contributed by atoms with E-state index in [2.05, 4.69) is 24.8 Å². The lowest BCUT2D eigenvalue weighted by Crippen LogP contribution is -2.36. The molecular weight excluding hydrogens is 345 g/mol. The Hall–Kier alpha value is -2.45. The van der Waals surface area contributed by atoms with Gasteiger partial charge in [0.15, 0.2) is 0 Å². The van der Waals surface area contributed by atoms with Gasteiger partial charge < -0.3 is 9.80 Å². The van der Waals surface area contributed by atoms with Crippen molar-refractivity contribution in [1.29, 1.82) is 0 Å². The van der Waals surface area contributed by atoms with E-state index in [1.807, 2.05) is 19.9 Å². The number of hydrogen-bond donors (Lipinski definition) is 0. The predicted molar refractivity (Wildman–Crippen MR) is 92.2 cm³/mol. The minimum Gasteiger partial charge on any atom is -0.354 e. The molecule has 0 radical (unpaired) electrons. The Morgan fingerprint density at radius 3 is 2.58 bits per heavy atom. The summed E-state index contributed by atoms with van der Waals surface area (Å²) < 4.78 is 38.6. The molecule has 0 aliphatic carbocycles. The maximum atomic E-state index is 12.9. The van der Waals surface area contributed by atoms with E-state index >= 15 is 0 Å². The first-order valence-electron chi connectivity index (χ1n) is 8.46. The highest BCUT2D eigenvalue weighted by atomic mass is 19.4. The van der Waals surface area contributed by atoms with E-state index in [-0.39, 0.29) is 17.9 Å². The molecule has 6 nitrogen and oxygen atoms in total. The zero-order valence-corrected chi connectivity index (χ0v) is 14.9. The van der Waals surface area contributed by atoms with Crippen molar-refractivity contribution in [3.8, 4) is 0 Å². The molecule has 0 saturated carbocycles. The maximum Gasteiger partial charge on any atom is 0.433 e. The van der Waals surface area contributed by atoms with Gasteiger partial charge in [-0.25, -0.2) is 19.9 Å². The molecule has 0 amide bonds. The van der Waals surface area contributed by atoms with Gasteiger partial charge in [0, 0.05) is 38.4 Å². The SMILES string of the molecule is CC(C)c1nccc(N2CCC(N(C)c3nccc(C(F)(F)F)n3)C2)n1. The first-order chi connectivity index (χ1) is 12.3. The topological polar surface area (TPSA) is 58.0 Å². The second-order valence-electron chi connectivity index (χ2n) is 6.67. The molecule has 1 unspecified atom stereocenters. The smallest absolute Gasteiger partial charge is 0.354 e. The number of hydrogen-bond acceptors (Lipinski definition) is 6. The van der Waals surface area contributed by atoms with Crippen molar-refractivity contribution < 1.29 is 13.2 Å². The van der Waals surface area contributed by atoms with Crippen LogP contribution < -0.4 is 9.80 Å². The van der Waals surface area contributed by atoms with E-state index in [0.29, 0.717) is 6.54 Å². The molecule has 9 heteroatoms. The van der Waals surface area contributed by atoms with Crippen LogP contribution >= 0.6 is 0 Å². The summed E-state index contributed by atoms with van der Waals surface area (Å²) in [6, 6.07) is 2.75. The molecule has 2 aromatic rings. The molecule has 0 aromatic carbocycles. The van der Waals surface area contributed by atoms with Crippen LogP contribution in [0.4, 0.5) is 24.9 Å². The number of rotatable bonds is 4. The minimum absolute atomic E-state index is 0.0101. The third kappa shape index (κ3) is 3.86. The average Bonchev–Trinajstić information content (AvgIpc) is 3.10. The van der Waals surface area contributed by atoms with Crippen LogP contribution in [0, 0.1) is 0 Å². The largest absolute Gasteiger partial charge is 0.433 e. The molecule has 3 heterocycles. The summed E-state index contributed by atoms with van der Waals surface area (Å²) in [5, 5.41) is 0. The number of alkyl halides is 3. The Balaban J connectivity index is 1.73. The normalized spacial score (nSPS) is 17.8. The molecule has 1 fully saturated rings. The van der Waals surface area contributed by atoms with Gasteiger partial charge >= 0.3 is 6.18 Å². The van der Waals surface area contributed by atoms with Gasteiger partial charge in [-0.05, 0) is 18.6 Å². The molecular formula is C17H21F3N6. The highest BCUT2D eigenvalue weighted by Crippen LogP contribution is 2.29. The van der Waals surface area contributed by atoms with E-state index < -0.39 is 11.9 Å². The standard InChI is InChI=1S/C17H21F3N6/c1-11(2)15-21-8-5-14(24-15)26-9-6-12(10-26)25(3)16-22-7-4-13(23-16)17(18,19)20/h4-5,7-8,11-12H,6,9-10H2,1-3H3. The fourth-order valence-electron chi connectivity index (χ4n) is 2.92. The summed E-state index contributed by atoms with van der Waals surface area (Å²) >= 11 is 0. The highest BCUT2D eigenvalue weighted by Gasteiger charge is 2.34. The molecule has 26 heavy (non-hydrogen) atoms. The zero-order valence-electron chi connectivity index (χ0n) is 14.9. The molecule has 1 aliphatic heterocycles. The van der Waals surface area contributed by atoms with Crippen LogP contribution in [0.1, 0.15) is 37.7 Å². The third-order valence-corrected chi connectivity index (χ3v) is 4.46. The quantitative estimate of drug-likeness (QED) is 0.829. The molecule has 1 saturated heterocycles. The van der Waals surface area contributed by atoms with Gasteiger partial charge in [-0.15, -0.1) is 0 Å². The Morgan fingerprint density at radius 2 is 1.88 bits per heavy atom. The van der Waals surface area contributed by atoms with Crippen molar-refractivity contribution in [2.45, 2.75) is 38.4 Å². The molecule has 3 rings (SSSR count). The maximum absolute atomic E-state index is 12.9. The summed E-state index contributed by atoms with van der Waals surface area (Å²) in [6.45, 7) is 5.47. The van der Waals surface area contributed by atoms with E-state index in [1.165, 1.54) is 0 Å². The van der Waals surface area contributed by atoms with Gasteiger partial charge in [0.2, 0.25) is 5.95 Å². The molecule has 0 N–H and O–H groups in total. The number of anilines is 2. The van der Waals surface area contributed by atoms with E-state index in [1.54, 1.807) is 18.1 Å². The second-order valence-corrected chi connectivity index (χ2v) is 6.67. The number of halogens is 3. The van der Waals surface area contributed by atoms with Crippen molar-refractivity contribution in [2.24, 2.45) is 0 Å². The summed E-state index contributed by atoms with van der Waals surface area (Å²) in [5.74, 6) is 1.93. The lowest BCUT2D eigenvalue weighted by atomic mass is 10.2. The Morgan fingerprint density at radius 1 is 1.15 bits per heavy atom. The van der Waals surface area contributed by atoms with Crippen molar-refractivity contribution in [3.63, 3.8) is 0 Å². The van der Waals surface area contributed by atoms with Gasteiger partial charge in [-0.3, -0.25) is 0 Å².